The first-order chi connectivity index (χ1) is 4.66. The molecular weight excluding hydrogens is 189 g/mol. The molecule has 0 bridgehead atoms. The van der Waals surface area contributed by atoms with Gasteiger partial charge in [0.15, 0.2) is 0 Å². The van der Waals surface area contributed by atoms with E-state index in [1.165, 1.54) is 11.3 Å². The third kappa shape index (κ3) is 1.24. The summed E-state index contributed by atoms with van der Waals surface area (Å²) in [6.45, 7) is 2.02. The molecule has 0 radical (unpaired) electrons. The number of nitrogens with two attached hydrogens (primary N) is 1. The minimum Gasteiger partial charge on any atom is -0.397 e. The van der Waals surface area contributed by atoms with Crippen LogP contribution >= 0.6 is 34.5 Å². The molecule has 1 nitrogen and oxygen atoms in total. The Hall–Kier alpha value is 0.0800. The second-order valence-electron chi connectivity index (χ2n) is 1.88. The van der Waals surface area contributed by atoms with Crippen LogP contribution in [-0.4, -0.2) is 0 Å². The number of aryl methyl sites for hydroxylation is 1. The van der Waals surface area contributed by atoms with Crippen molar-refractivity contribution in [2.75, 3.05) is 5.73 Å². The molecular formula is C6H7Cl2NS. The van der Waals surface area contributed by atoms with Crippen LogP contribution in [0.4, 0.5) is 5.69 Å². The molecule has 1 aromatic rings. The molecule has 1 aromatic heterocycles. The lowest BCUT2D eigenvalue weighted by Gasteiger charge is -1.90. The first kappa shape index (κ1) is 8.18. The molecule has 2 N–H and O–H groups in total. The van der Waals surface area contributed by atoms with Gasteiger partial charge < -0.3 is 5.73 Å². The Bertz CT molecular complexity index is 244. The molecule has 10 heavy (non-hydrogen) atoms. The number of thiophene rings is 1. The highest BCUT2D eigenvalue weighted by molar-refractivity contribution is 7.17. The first-order valence-corrected chi connectivity index (χ1v) is 4.46. The molecule has 0 amide bonds. The lowest BCUT2D eigenvalue weighted by atomic mass is 10.3. The van der Waals surface area contributed by atoms with Gasteiger partial charge in [-0.25, -0.2) is 0 Å². The van der Waals surface area contributed by atoms with Gasteiger partial charge in [0.2, 0.25) is 0 Å². The van der Waals surface area contributed by atoms with Crippen LogP contribution in [0.3, 0.4) is 0 Å². The zero-order chi connectivity index (χ0) is 7.72. The fourth-order valence-electron chi connectivity index (χ4n) is 0.699. The van der Waals surface area contributed by atoms with Crippen LogP contribution in [0, 0.1) is 0 Å². The minimum absolute atomic E-state index is 0.503. The van der Waals surface area contributed by atoms with Crippen LogP contribution in [-0.2, 0) is 6.42 Å². The van der Waals surface area contributed by atoms with Crippen molar-refractivity contribution >= 4 is 40.2 Å². The van der Waals surface area contributed by atoms with E-state index in [2.05, 4.69) is 0 Å². The molecule has 56 valence electrons. The van der Waals surface area contributed by atoms with Crippen molar-refractivity contribution < 1.29 is 0 Å². The van der Waals surface area contributed by atoms with Crippen molar-refractivity contribution in [1.29, 1.82) is 0 Å². The molecule has 1 heterocycles. The Morgan fingerprint density at radius 2 is 2.10 bits per heavy atom. The van der Waals surface area contributed by atoms with Crippen molar-refractivity contribution in [2.24, 2.45) is 0 Å². The predicted molar refractivity (Wildman–Crippen MR) is 48.1 cm³/mol. The quantitative estimate of drug-likeness (QED) is 0.733. The van der Waals surface area contributed by atoms with Crippen LogP contribution in [0.2, 0.25) is 9.36 Å². The van der Waals surface area contributed by atoms with E-state index >= 15 is 0 Å². The summed E-state index contributed by atoms with van der Waals surface area (Å²) < 4.78 is 0.594. The summed E-state index contributed by atoms with van der Waals surface area (Å²) in [6.07, 6.45) is 0.892. The van der Waals surface area contributed by atoms with E-state index in [0.29, 0.717) is 15.0 Å². The zero-order valence-corrected chi connectivity index (χ0v) is 7.78. The summed E-state index contributed by atoms with van der Waals surface area (Å²) in [5, 5.41) is 0.503. The summed E-state index contributed by atoms with van der Waals surface area (Å²) in [6, 6.07) is 0. The summed E-state index contributed by atoms with van der Waals surface area (Å²) in [5.41, 5.74) is 6.25. The fourth-order valence-corrected chi connectivity index (χ4v) is 2.14. The van der Waals surface area contributed by atoms with Crippen LogP contribution < -0.4 is 5.73 Å². The van der Waals surface area contributed by atoms with E-state index < -0.39 is 0 Å². The largest absolute Gasteiger partial charge is 0.397 e. The molecule has 0 fully saturated rings. The third-order valence-electron chi connectivity index (χ3n) is 1.24. The van der Waals surface area contributed by atoms with E-state index in [0.717, 1.165) is 11.3 Å². The van der Waals surface area contributed by atoms with Gasteiger partial charge >= 0.3 is 0 Å². The standard InChI is InChI=1S/C6H7Cl2NS/c1-2-3-5(9)4(7)6(8)10-3/h2,9H2,1H3. The van der Waals surface area contributed by atoms with Crippen LogP contribution in [0.5, 0.6) is 0 Å². The van der Waals surface area contributed by atoms with E-state index in [-0.39, 0.29) is 0 Å². The Morgan fingerprint density at radius 3 is 2.30 bits per heavy atom. The van der Waals surface area contributed by atoms with E-state index in [4.69, 9.17) is 28.9 Å². The Morgan fingerprint density at radius 1 is 1.50 bits per heavy atom. The number of nitrogen functional groups attached to an aromatic ring is 1. The van der Waals surface area contributed by atoms with Gasteiger partial charge in [-0.2, -0.15) is 0 Å². The number of rotatable bonds is 1. The monoisotopic (exact) mass is 195 g/mol. The summed E-state index contributed by atoms with van der Waals surface area (Å²) >= 11 is 12.9. The molecule has 4 heteroatoms. The van der Waals surface area contributed by atoms with Crippen molar-refractivity contribution in [3.8, 4) is 0 Å². The lowest BCUT2D eigenvalue weighted by Crippen LogP contribution is -1.86. The van der Waals surface area contributed by atoms with Crippen LogP contribution in [0.25, 0.3) is 0 Å². The smallest absolute Gasteiger partial charge is 0.114 e. The average molecular weight is 196 g/mol. The second-order valence-corrected chi connectivity index (χ2v) is 3.97. The Kier molecular flexibility index (Phi) is 2.45. The van der Waals surface area contributed by atoms with Crippen molar-refractivity contribution in [3.05, 3.63) is 14.2 Å². The van der Waals surface area contributed by atoms with Gasteiger partial charge in [-0.05, 0) is 6.42 Å². The predicted octanol–water partition coefficient (Wildman–Crippen LogP) is 3.20. The van der Waals surface area contributed by atoms with Crippen LogP contribution in [0.15, 0.2) is 0 Å². The van der Waals surface area contributed by atoms with E-state index in [1.807, 2.05) is 6.92 Å². The number of anilines is 1. The molecule has 0 aliphatic carbocycles. The first-order valence-electron chi connectivity index (χ1n) is 2.89. The molecule has 0 aliphatic heterocycles. The maximum atomic E-state index is 5.73. The molecule has 0 atom stereocenters. The Balaban J connectivity index is 3.17. The molecule has 0 unspecified atom stereocenters. The third-order valence-corrected chi connectivity index (χ3v) is 3.40. The van der Waals surface area contributed by atoms with Crippen molar-refractivity contribution in [2.45, 2.75) is 13.3 Å². The highest BCUT2D eigenvalue weighted by atomic mass is 35.5. The van der Waals surface area contributed by atoms with E-state index in [1.54, 1.807) is 0 Å². The van der Waals surface area contributed by atoms with Crippen LogP contribution in [0.1, 0.15) is 11.8 Å². The highest BCUT2D eigenvalue weighted by Gasteiger charge is 2.09. The fraction of sp³-hybridized carbons (Fsp3) is 0.333. The second kappa shape index (κ2) is 2.99. The normalized spacial score (nSPS) is 10.3. The molecule has 0 aromatic carbocycles. The topological polar surface area (TPSA) is 26.0 Å². The van der Waals surface area contributed by atoms with Gasteiger partial charge in [-0.3, -0.25) is 0 Å². The van der Waals surface area contributed by atoms with Gasteiger partial charge in [0.25, 0.3) is 0 Å². The van der Waals surface area contributed by atoms with Gasteiger partial charge in [0.1, 0.15) is 4.34 Å². The molecule has 0 aliphatic rings. The minimum atomic E-state index is 0.503. The molecule has 1 rings (SSSR count). The number of hydrogen-bond donors (Lipinski definition) is 1. The van der Waals surface area contributed by atoms with Crippen molar-refractivity contribution in [1.82, 2.24) is 0 Å². The molecule has 0 saturated heterocycles. The zero-order valence-electron chi connectivity index (χ0n) is 5.45. The van der Waals surface area contributed by atoms with Gasteiger partial charge in [0, 0.05) is 4.88 Å². The number of halogens is 2. The number of hydrogen-bond acceptors (Lipinski definition) is 2. The van der Waals surface area contributed by atoms with Gasteiger partial charge in [-0.15, -0.1) is 11.3 Å². The maximum Gasteiger partial charge on any atom is 0.114 e. The highest BCUT2D eigenvalue weighted by Crippen LogP contribution is 2.38. The molecule has 0 saturated carbocycles. The Labute approximate surface area is 73.7 Å². The molecule has 0 spiro atoms. The van der Waals surface area contributed by atoms with Gasteiger partial charge in [0.05, 0.1) is 10.7 Å². The lowest BCUT2D eigenvalue weighted by molar-refractivity contribution is 1.19. The summed E-state index contributed by atoms with van der Waals surface area (Å²) in [7, 11) is 0. The maximum absolute atomic E-state index is 5.73. The summed E-state index contributed by atoms with van der Waals surface area (Å²) in [5.74, 6) is 0. The van der Waals surface area contributed by atoms with Crippen molar-refractivity contribution in [3.63, 3.8) is 0 Å². The average Bonchev–Trinajstić information content (AvgIpc) is 2.17. The summed E-state index contributed by atoms with van der Waals surface area (Å²) in [4.78, 5) is 1.06. The van der Waals surface area contributed by atoms with E-state index in [9.17, 15) is 0 Å². The van der Waals surface area contributed by atoms with Gasteiger partial charge in [-0.1, -0.05) is 30.1 Å². The SMILES string of the molecule is CCc1sc(Cl)c(Cl)c1N.